The van der Waals surface area contributed by atoms with Crippen molar-refractivity contribution in [1.82, 2.24) is 5.32 Å². The molecule has 0 aliphatic rings. The summed E-state index contributed by atoms with van der Waals surface area (Å²) in [6.45, 7) is 3.33. The number of rotatable bonds is 10. The second kappa shape index (κ2) is 10.8. The summed E-state index contributed by atoms with van der Waals surface area (Å²) in [6.07, 6.45) is 1.24. The maximum absolute atomic E-state index is 11.8. The molecule has 1 amide bonds. The second-order valence-corrected chi connectivity index (χ2v) is 6.76. The molecule has 1 N–H and O–H groups in total. The van der Waals surface area contributed by atoms with E-state index in [0.29, 0.717) is 13.0 Å². The summed E-state index contributed by atoms with van der Waals surface area (Å²) in [5.41, 5.74) is 2.54. The Bertz CT molecular complexity index is 599. The summed E-state index contributed by atoms with van der Waals surface area (Å²) >= 11 is 1.84. The molecule has 0 aliphatic heterocycles. The molecule has 2 aromatic rings. The number of carbonyl (C=O) groups excluding carboxylic acids is 1. The van der Waals surface area contributed by atoms with Gasteiger partial charge in [-0.25, -0.2) is 0 Å². The van der Waals surface area contributed by atoms with Gasteiger partial charge in [0.1, 0.15) is 5.75 Å². The van der Waals surface area contributed by atoms with E-state index < -0.39 is 0 Å². The zero-order valence-corrected chi connectivity index (χ0v) is 15.0. The molecule has 0 bridgehead atoms. The molecule has 2 aromatic carbocycles. The number of thioether (sulfide) groups is 1. The molecular formula is C20H25NO2S. The molecule has 0 radical (unpaired) electrons. The van der Waals surface area contributed by atoms with Crippen molar-refractivity contribution < 1.29 is 9.53 Å². The lowest BCUT2D eigenvalue weighted by Crippen LogP contribution is -2.25. The normalized spacial score (nSPS) is 10.4. The number of nitrogens with one attached hydrogen (secondary N) is 1. The van der Waals surface area contributed by atoms with Crippen LogP contribution in [0.15, 0.2) is 54.6 Å². The maximum Gasteiger partial charge on any atom is 0.220 e. The molecule has 24 heavy (non-hydrogen) atoms. The fourth-order valence-corrected chi connectivity index (χ4v) is 2.99. The van der Waals surface area contributed by atoms with Crippen molar-refractivity contribution in [2.45, 2.75) is 25.5 Å². The van der Waals surface area contributed by atoms with Crippen LogP contribution in [0.2, 0.25) is 0 Å². The lowest BCUT2D eigenvalue weighted by atomic mass is 10.2. The summed E-state index contributed by atoms with van der Waals surface area (Å²) in [7, 11) is 0. The third-order valence-corrected chi connectivity index (χ3v) is 4.55. The van der Waals surface area contributed by atoms with Crippen molar-refractivity contribution in [3.05, 3.63) is 65.7 Å². The molecule has 0 saturated heterocycles. The average molecular weight is 343 g/mol. The second-order valence-electron chi connectivity index (χ2n) is 5.65. The van der Waals surface area contributed by atoms with E-state index in [0.717, 1.165) is 30.2 Å². The fourth-order valence-electron chi connectivity index (χ4n) is 2.17. The Hall–Kier alpha value is -1.94. The molecule has 4 heteroatoms. The van der Waals surface area contributed by atoms with E-state index in [-0.39, 0.29) is 5.91 Å². The Balaban J connectivity index is 1.47. The zero-order valence-electron chi connectivity index (χ0n) is 14.2. The summed E-state index contributed by atoms with van der Waals surface area (Å²) in [4.78, 5) is 11.8. The number of benzene rings is 2. The third kappa shape index (κ3) is 7.55. The van der Waals surface area contributed by atoms with Crippen LogP contribution in [0.5, 0.6) is 5.75 Å². The predicted molar refractivity (Wildman–Crippen MR) is 102 cm³/mol. The van der Waals surface area contributed by atoms with Crippen molar-refractivity contribution in [2.24, 2.45) is 0 Å². The highest BCUT2D eigenvalue weighted by molar-refractivity contribution is 7.98. The molecular weight excluding hydrogens is 318 g/mol. The van der Waals surface area contributed by atoms with Gasteiger partial charge in [-0.1, -0.05) is 48.0 Å². The Morgan fingerprint density at radius 2 is 1.83 bits per heavy atom. The molecule has 0 aliphatic carbocycles. The van der Waals surface area contributed by atoms with Crippen LogP contribution < -0.4 is 10.1 Å². The third-order valence-electron chi connectivity index (χ3n) is 3.52. The van der Waals surface area contributed by atoms with E-state index in [4.69, 9.17) is 4.74 Å². The monoisotopic (exact) mass is 343 g/mol. The van der Waals surface area contributed by atoms with E-state index in [1.165, 1.54) is 11.1 Å². The Labute approximate surface area is 148 Å². The minimum absolute atomic E-state index is 0.0998. The Morgan fingerprint density at radius 1 is 1.08 bits per heavy atom. The van der Waals surface area contributed by atoms with E-state index >= 15 is 0 Å². The van der Waals surface area contributed by atoms with Crippen LogP contribution in [-0.4, -0.2) is 24.8 Å². The van der Waals surface area contributed by atoms with Gasteiger partial charge in [-0.3, -0.25) is 4.79 Å². The van der Waals surface area contributed by atoms with Crippen molar-refractivity contribution in [3.63, 3.8) is 0 Å². The van der Waals surface area contributed by atoms with Crippen LogP contribution in [0, 0.1) is 6.92 Å². The first-order valence-corrected chi connectivity index (χ1v) is 9.47. The van der Waals surface area contributed by atoms with E-state index in [1.54, 1.807) is 0 Å². The maximum atomic E-state index is 11.8. The highest BCUT2D eigenvalue weighted by atomic mass is 32.2. The first kappa shape index (κ1) is 18.4. The standard InChI is InChI=1S/C20H25NO2S/c1-17-9-11-19(12-10-17)23-14-5-8-20(22)21-13-15-24-16-18-6-3-2-4-7-18/h2-4,6-7,9-12H,5,8,13-16H2,1H3,(H,21,22). The number of hydrogen-bond donors (Lipinski definition) is 1. The van der Waals surface area contributed by atoms with Gasteiger partial charge in [0.25, 0.3) is 0 Å². The lowest BCUT2D eigenvalue weighted by Gasteiger charge is -2.07. The predicted octanol–water partition coefficient (Wildman–Crippen LogP) is 4.20. The van der Waals surface area contributed by atoms with Crippen molar-refractivity contribution in [3.8, 4) is 5.75 Å². The van der Waals surface area contributed by atoms with Gasteiger partial charge in [-0.15, -0.1) is 0 Å². The van der Waals surface area contributed by atoms with Gasteiger partial charge < -0.3 is 10.1 Å². The van der Waals surface area contributed by atoms with Crippen LogP contribution in [0.1, 0.15) is 24.0 Å². The van der Waals surface area contributed by atoms with Gasteiger partial charge >= 0.3 is 0 Å². The van der Waals surface area contributed by atoms with Crippen LogP contribution in [-0.2, 0) is 10.5 Å². The smallest absolute Gasteiger partial charge is 0.220 e. The quantitative estimate of drug-likeness (QED) is 0.657. The topological polar surface area (TPSA) is 38.3 Å². The highest BCUT2D eigenvalue weighted by Crippen LogP contribution is 2.12. The lowest BCUT2D eigenvalue weighted by molar-refractivity contribution is -0.121. The van der Waals surface area contributed by atoms with Crippen molar-refractivity contribution >= 4 is 17.7 Å². The molecule has 0 spiro atoms. The molecule has 0 heterocycles. The molecule has 0 aromatic heterocycles. The molecule has 2 rings (SSSR count). The van der Waals surface area contributed by atoms with Gasteiger partial charge in [0.2, 0.25) is 5.91 Å². The van der Waals surface area contributed by atoms with E-state index in [9.17, 15) is 4.79 Å². The van der Waals surface area contributed by atoms with Gasteiger partial charge in [0, 0.05) is 24.5 Å². The number of hydrogen-bond acceptors (Lipinski definition) is 3. The summed E-state index contributed by atoms with van der Waals surface area (Å²) in [6, 6.07) is 18.3. The van der Waals surface area contributed by atoms with Crippen molar-refractivity contribution in [1.29, 1.82) is 0 Å². The van der Waals surface area contributed by atoms with Crippen LogP contribution >= 0.6 is 11.8 Å². The van der Waals surface area contributed by atoms with Crippen LogP contribution in [0.25, 0.3) is 0 Å². The number of carbonyl (C=O) groups is 1. The van der Waals surface area contributed by atoms with Gasteiger partial charge in [0.05, 0.1) is 6.61 Å². The fraction of sp³-hybridized carbons (Fsp3) is 0.350. The largest absolute Gasteiger partial charge is 0.494 e. The SMILES string of the molecule is Cc1ccc(OCCCC(=O)NCCSCc2ccccc2)cc1. The number of aryl methyl sites for hydroxylation is 1. The molecule has 0 fully saturated rings. The van der Waals surface area contributed by atoms with Gasteiger partial charge in [0.15, 0.2) is 0 Å². The van der Waals surface area contributed by atoms with Crippen LogP contribution in [0.4, 0.5) is 0 Å². The van der Waals surface area contributed by atoms with Crippen molar-refractivity contribution in [2.75, 3.05) is 18.9 Å². The zero-order chi connectivity index (χ0) is 17.0. The number of amides is 1. The van der Waals surface area contributed by atoms with Gasteiger partial charge in [-0.2, -0.15) is 11.8 Å². The van der Waals surface area contributed by atoms with Gasteiger partial charge in [-0.05, 0) is 31.0 Å². The number of ether oxygens (including phenoxy) is 1. The minimum Gasteiger partial charge on any atom is -0.494 e. The Kier molecular flexibility index (Phi) is 8.25. The first-order valence-electron chi connectivity index (χ1n) is 8.32. The van der Waals surface area contributed by atoms with E-state index in [1.807, 2.05) is 49.0 Å². The van der Waals surface area contributed by atoms with Crippen LogP contribution in [0.3, 0.4) is 0 Å². The first-order chi connectivity index (χ1) is 11.7. The molecule has 3 nitrogen and oxygen atoms in total. The molecule has 0 saturated carbocycles. The molecule has 0 unspecified atom stereocenters. The Morgan fingerprint density at radius 3 is 2.58 bits per heavy atom. The highest BCUT2D eigenvalue weighted by Gasteiger charge is 2.01. The van der Waals surface area contributed by atoms with E-state index in [2.05, 4.69) is 29.6 Å². The average Bonchev–Trinajstić information content (AvgIpc) is 2.61. The minimum atomic E-state index is 0.0998. The summed E-state index contributed by atoms with van der Waals surface area (Å²) in [5.74, 6) is 2.88. The molecule has 0 atom stereocenters. The summed E-state index contributed by atoms with van der Waals surface area (Å²) in [5, 5.41) is 2.96. The molecule has 128 valence electrons. The summed E-state index contributed by atoms with van der Waals surface area (Å²) < 4.78 is 5.62.